The zero-order valence-corrected chi connectivity index (χ0v) is 11.2. The summed E-state index contributed by atoms with van der Waals surface area (Å²) in [7, 11) is 1.72. The molecule has 5 nitrogen and oxygen atoms in total. The molecular formula is C13H17FN4O. The van der Waals surface area contributed by atoms with Crippen LogP contribution in [0, 0.1) is 5.82 Å². The van der Waals surface area contributed by atoms with Crippen molar-refractivity contribution in [3.8, 4) is 0 Å². The van der Waals surface area contributed by atoms with Gasteiger partial charge in [0.15, 0.2) is 5.82 Å². The highest BCUT2D eigenvalue weighted by Gasteiger charge is 2.23. The molecule has 0 saturated heterocycles. The second-order valence-electron chi connectivity index (χ2n) is 4.48. The minimum absolute atomic E-state index is 0.0854. The third-order valence-corrected chi connectivity index (χ3v) is 3.29. The standard InChI is InChI=1S/C13H17FN4O/c1-4-17(3)12(19)8(2)18-10-7-5-6-9(14)11(10)16-13(18)15/h5-8H,4H2,1-3H3,(H2,15,16). The molecule has 6 heteroatoms. The largest absolute Gasteiger partial charge is 0.369 e. The Morgan fingerprint density at radius 1 is 1.58 bits per heavy atom. The van der Waals surface area contributed by atoms with E-state index in [0.717, 1.165) is 0 Å². The van der Waals surface area contributed by atoms with Crippen LogP contribution >= 0.6 is 0 Å². The Hall–Kier alpha value is -2.11. The molecule has 0 bridgehead atoms. The number of nitrogen functional groups attached to an aromatic ring is 1. The van der Waals surface area contributed by atoms with E-state index in [4.69, 9.17) is 5.73 Å². The minimum Gasteiger partial charge on any atom is -0.369 e. The van der Waals surface area contributed by atoms with Gasteiger partial charge >= 0.3 is 0 Å². The van der Waals surface area contributed by atoms with Crippen molar-refractivity contribution in [2.75, 3.05) is 19.3 Å². The monoisotopic (exact) mass is 264 g/mol. The zero-order valence-electron chi connectivity index (χ0n) is 11.2. The van der Waals surface area contributed by atoms with Crippen LogP contribution in [0.3, 0.4) is 0 Å². The van der Waals surface area contributed by atoms with Crippen molar-refractivity contribution < 1.29 is 9.18 Å². The van der Waals surface area contributed by atoms with Crippen LogP contribution in [0.25, 0.3) is 11.0 Å². The summed E-state index contributed by atoms with van der Waals surface area (Å²) in [6.07, 6.45) is 0. The first-order valence-electron chi connectivity index (χ1n) is 6.14. The summed E-state index contributed by atoms with van der Waals surface area (Å²) >= 11 is 0. The average molecular weight is 264 g/mol. The van der Waals surface area contributed by atoms with Crippen LogP contribution in [0.2, 0.25) is 0 Å². The summed E-state index contributed by atoms with van der Waals surface area (Å²) in [5.41, 5.74) is 6.54. The third-order valence-electron chi connectivity index (χ3n) is 3.29. The Morgan fingerprint density at radius 3 is 2.89 bits per heavy atom. The fourth-order valence-corrected chi connectivity index (χ4v) is 2.09. The van der Waals surface area contributed by atoms with E-state index in [-0.39, 0.29) is 17.4 Å². The molecule has 0 aliphatic heterocycles. The van der Waals surface area contributed by atoms with Crippen LogP contribution in [-0.2, 0) is 4.79 Å². The number of rotatable bonds is 3. The molecule has 1 heterocycles. The molecule has 102 valence electrons. The summed E-state index contributed by atoms with van der Waals surface area (Å²) in [5.74, 6) is -0.380. The van der Waals surface area contributed by atoms with Gasteiger partial charge in [0.25, 0.3) is 0 Å². The molecule has 1 aromatic heterocycles. The van der Waals surface area contributed by atoms with E-state index < -0.39 is 11.9 Å². The molecule has 0 spiro atoms. The SMILES string of the molecule is CCN(C)C(=O)C(C)n1c(N)nc2c(F)cccc21. The molecular weight excluding hydrogens is 247 g/mol. The van der Waals surface area contributed by atoms with Crippen molar-refractivity contribution in [2.45, 2.75) is 19.9 Å². The number of carbonyl (C=O) groups is 1. The van der Waals surface area contributed by atoms with Gasteiger partial charge in [-0.15, -0.1) is 0 Å². The van der Waals surface area contributed by atoms with Crippen LogP contribution in [0.1, 0.15) is 19.9 Å². The van der Waals surface area contributed by atoms with E-state index >= 15 is 0 Å². The van der Waals surface area contributed by atoms with Crippen LogP contribution < -0.4 is 5.73 Å². The second-order valence-corrected chi connectivity index (χ2v) is 4.48. The van der Waals surface area contributed by atoms with Gasteiger partial charge in [-0.1, -0.05) is 6.07 Å². The first kappa shape index (κ1) is 13.3. The Balaban J connectivity index is 2.53. The molecule has 0 fully saturated rings. The zero-order chi connectivity index (χ0) is 14.2. The maximum absolute atomic E-state index is 13.6. The van der Waals surface area contributed by atoms with Crippen LogP contribution in [-0.4, -0.2) is 34.0 Å². The lowest BCUT2D eigenvalue weighted by Gasteiger charge is -2.21. The first-order chi connectivity index (χ1) is 8.97. The van der Waals surface area contributed by atoms with E-state index in [1.807, 2.05) is 6.92 Å². The third kappa shape index (κ3) is 2.14. The fourth-order valence-electron chi connectivity index (χ4n) is 2.09. The number of carbonyl (C=O) groups excluding carboxylic acids is 1. The number of anilines is 1. The second kappa shape index (κ2) is 4.87. The van der Waals surface area contributed by atoms with Gasteiger partial charge in [0.2, 0.25) is 11.9 Å². The number of amides is 1. The molecule has 0 aliphatic carbocycles. The van der Waals surface area contributed by atoms with E-state index in [0.29, 0.717) is 12.1 Å². The Labute approximate surface area is 110 Å². The number of para-hydroxylation sites is 1. The van der Waals surface area contributed by atoms with Gasteiger partial charge in [0, 0.05) is 13.6 Å². The fraction of sp³-hybridized carbons (Fsp3) is 0.385. The molecule has 1 atom stereocenters. The quantitative estimate of drug-likeness (QED) is 0.919. The molecule has 1 aromatic carbocycles. The van der Waals surface area contributed by atoms with Crippen molar-refractivity contribution in [1.82, 2.24) is 14.5 Å². The maximum Gasteiger partial charge on any atom is 0.245 e. The number of nitrogens with two attached hydrogens (primary N) is 1. The normalized spacial score (nSPS) is 12.6. The average Bonchev–Trinajstić information content (AvgIpc) is 2.74. The summed E-state index contributed by atoms with van der Waals surface area (Å²) in [6, 6.07) is 4.09. The molecule has 0 radical (unpaired) electrons. The maximum atomic E-state index is 13.6. The van der Waals surface area contributed by atoms with Crippen molar-refractivity contribution in [3.63, 3.8) is 0 Å². The van der Waals surface area contributed by atoms with Crippen molar-refractivity contribution in [3.05, 3.63) is 24.0 Å². The Bertz CT molecular complexity index is 622. The lowest BCUT2D eigenvalue weighted by Crippen LogP contribution is -2.33. The highest BCUT2D eigenvalue weighted by Crippen LogP contribution is 2.25. The molecule has 2 rings (SSSR count). The number of hydrogen-bond donors (Lipinski definition) is 1. The molecule has 0 saturated carbocycles. The topological polar surface area (TPSA) is 64.2 Å². The summed E-state index contributed by atoms with van der Waals surface area (Å²) < 4.78 is 15.2. The van der Waals surface area contributed by atoms with Crippen LogP contribution in [0.5, 0.6) is 0 Å². The van der Waals surface area contributed by atoms with E-state index in [1.165, 1.54) is 6.07 Å². The van der Waals surface area contributed by atoms with Crippen LogP contribution in [0.4, 0.5) is 10.3 Å². The van der Waals surface area contributed by atoms with Gasteiger partial charge in [-0.05, 0) is 26.0 Å². The predicted octanol–water partition coefficient (Wildman–Crippen LogP) is 1.80. The van der Waals surface area contributed by atoms with E-state index in [1.54, 1.807) is 35.6 Å². The predicted molar refractivity (Wildman–Crippen MR) is 72.1 cm³/mol. The van der Waals surface area contributed by atoms with E-state index in [9.17, 15) is 9.18 Å². The number of hydrogen-bond acceptors (Lipinski definition) is 3. The van der Waals surface area contributed by atoms with Gasteiger partial charge < -0.3 is 10.6 Å². The van der Waals surface area contributed by atoms with Crippen molar-refractivity contribution >= 4 is 22.9 Å². The summed E-state index contributed by atoms with van der Waals surface area (Å²) in [6.45, 7) is 4.22. The molecule has 1 unspecified atom stereocenters. The molecule has 2 aromatic rings. The number of benzene rings is 1. The Morgan fingerprint density at radius 2 is 2.26 bits per heavy atom. The van der Waals surface area contributed by atoms with Gasteiger partial charge in [-0.3, -0.25) is 9.36 Å². The lowest BCUT2D eigenvalue weighted by molar-refractivity contribution is -0.132. The highest BCUT2D eigenvalue weighted by atomic mass is 19.1. The number of nitrogens with zero attached hydrogens (tertiary/aromatic N) is 3. The van der Waals surface area contributed by atoms with Gasteiger partial charge in [0.1, 0.15) is 11.6 Å². The molecule has 19 heavy (non-hydrogen) atoms. The van der Waals surface area contributed by atoms with Gasteiger partial charge in [0.05, 0.1) is 5.52 Å². The number of fused-ring (bicyclic) bond motifs is 1. The van der Waals surface area contributed by atoms with Gasteiger partial charge in [-0.25, -0.2) is 9.37 Å². The first-order valence-corrected chi connectivity index (χ1v) is 6.14. The Kier molecular flexibility index (Phi) is 3.42. The van der Waals surface area contributed by atoms with Crippen molar-refractivity contribution in [2.24, 2.45) is 0 Å². The summed E-state index contributed by atoms with van der Waals surface area (Å²) in [5, 5.41) is 0. The summed E-state index contributed by atoms with van der Waals surface area (Å²) in [4.78, 5) is 17.8. The van der Waals surface area contributed by atoms with Crippen LogP contribution in [0.15, 0.2) is 18.2 Å². The number of halogens is 1. The van der Waals surface area contributed by atoms with Gasteiger partial charge in [-0.2, -0.15) is 0 Å². The minimum atomic E-state index is -0.517. The number of aromatic nitrogens is 2. The molecule has 1 amide bonds. The molecule has 2 N–H and O–H groups in total. The lowest BCUT2D eigenvalue weighted by atomic mass is 10.2. The number of imidazole rings is 1. The highest BCUT2D eigenvalue weighted by molar-refractivity contribution is 5.85. The smallest absolute Gasteiger partial charge is 0.245 e. The van der Waals surface area contributed by atoms with E-state index in [2.05, 4.69) is 4.98 Å². The van der Waals surface area contributed by atoms with Crippen molar-refractivity contribution in [1.29, 1.82) is 0 Å². The molecule has 0 aliphatic rings. The number of likely N-dealkylation sites (N-methyl/N-ethyl adjacent to an activating group) is 1.